The molecule has 2 aromatic rings. The van der Waals surface area contributed by atoms with Crippen LogP contribution < -0.4 is 5.73 Å². The van der Waals surface area contributed by atoms with Gasteiger partial charge in [0.2, 0.25) is 0 Å². The van der Waals surface area contributed by atoms with Gasteiger partial charge in [-0.2, -0.15) is 0 Å². The van der Waals surface area contributed by atoms with Gasteiger partial charge in [0.25, 0.3) is 0 Å². The topological polar surface area (TPSA) is 26.0 Å². The predicted octanol–water partition coefficient (Wildman–Crippen LogP) is 3.73. The van der Waals surface area contributed by atoms with Crippen molar-refractivity contribution in [3.8, 4) is 11.1 Å². The molecule has 74 valence electrons. The van der Waals surface area contributed by atoms with Crippen molar-refractivity contribution in [3.63, 3.8) is 0 Å². The fourth-order valence-corrected chi connectivity index (χ4v) is 3.13. The second-order valence-corrected chi connectivity index (χ2v) is 4.67. The van der Waals surface area contributed by atoms with Crippen LogP contribution in [-0.2, 0) is 0 Å². The van der Waals surface area contributed by atoms with Gasteiger partial charge < -0.3 is 5.73 Å². The van der Waals surface area contributed by atoms with Crippen LogP contribution in [0.3, 0.4) is 0 Å². The highest BCUT2D eigenvalue weighted by Gasteiger charge is 2.27. The highest BCUT2D eigenvalue weighted by atomic mass is 79.9. The minimum atomic E-state index is 0.241. The lowest BCUT2D eigenvalue weighted by atomic mass is 10.1. The van der Waals surface area contributed by atoms with E-state index in [0.29, 0.717) is 0 Å². The van der Waals surface area contributed by atoms with E-state index in [1.54, 1.807) is 0 Å². The van der Waals surface area contributed by atoms with Gasteiger partial charge in [-0.05, 0) is 22.8 Å². The van der Waals surface area contributed by atoms with E-state index in [-0.39, 0.29) is 4.83 Å². The average Bonchev–Trinajstić information content (AvgIpc) is 2.55. The number of hydrogen-bond acceptors (Lipinski definition) is 1. The summed E-state index contributed by atoms with van der Waals surface area (Å²) in [6, 6.07) is 14.5. The van der Waals surface area contributed by atoms with Crippen molar-refractivity contribution in [3.05, 3.63) is 53.6 Å². The maximum atomic E-state index is 6.01. The maximum Gasteiger partial charge on any atom is 0.0676 e. The summed E-state index contributed by atoms with van der Waals surface area (Å²) >= 11 is 3.71. The van der Waals surface area contributed by atoms with Gasteiger partial charge in [-0.15, -0.1) is 0 Å². The second-order valence-electron chi connectivity index (χ2n) is 3.76. The van der Waals surface area contributed by atoms with Crippen LogP contribution in [0.1, 0.15) is 16.0 Å². The summed E-state index contributed by atoms with van der Waals surface area (Å²) in [6.45, 7) is 0. The Morgan fingerprint density at radius 3 is 2.53 bits per heavy atom. The molecular formula is C13H10BrN. The predicted molar refractivity (Wildman–Crippen MR) is 67.1 cm³/mol. The largest absolute Gasteiger partial charge is 0.398 e. The minimum absolute atomic E-state index is 0.241. The van der Waals surface area contributed by atoms with Crippen LogP contribution in [-0.4, -0.2) is 0 Å². The number of halogens is 1. The van der Waals surface area contributed by atoms with E-state index in [1.807, 2.05) is 12.1 Å². The third-order valence-corrected chi connectivity index (χ3v) is 3.87. The molecule has 1 nitrogen and oxygen atoms in total. The first-order chi connectivity index (χ1) is 7.29. The summed E-state index contributed by atoms with van der Waals surface area (Å²) in [4.78, 5) is 0.241. The fourth-order valence-electron chi connectivity index (χ4n) is 2.22. The molecule has 0 saturated heterocycles. The molecule has 3 rings (SSSR count). The van der Waals surface area contributed by atoms with Gasteiger partial charge in [0.15, 0.2) is 0 Å². The quantitative estimate of drug-likeness (QED) is 0.566. The smallest absolute Gasteiger partial charge is 0.0676 e. The number of benzene rings is 2. The van der Waals surface area contributed by atoms with Crippen LogP contribution in [0.2, 0.25) is 0 Å². The molecule has 0 aromatic heterocycles. The Balaban J connectivity index is 2.37. The zero-order valence-electron chi connectivity index (χ0n) is 8.07. The molecular weight excluding hydrogens is 250 g/mol. The van der Waals surface area contributed by atoms with Gasteiger partial charge in [0.05, 0.1) is 4.83 Å². The zero-order chi connectivity index (χ0) is 10.4. The summed E-state index contributed by atoms with van der Waals surface area (Å²) in [7, 11) is 0. The third-order valence-electron chi connectivity index (χ3n) is 2.92. The van der Waals surface area contributed by atoms with Crippen LogP contribution in [0.5, 0.6) is 0 Å². The van der Waals surface area contributed by atoms with Crippen LogP contribution >= 0.6 is 15.9 Å². The van der Waals surface area contributed by atoms with Crippen LogP contribution in [0.15, 0.2) is 42.5 Å². The first-order valence-electron chi connectivity index (χ1n) is 4.91. The molecule has 1 aliphatic rings. The van der Waals surface area contributed by atoms with Crippen molar-refractivity contribution in [2.75, 3.05) is 5.73 Å². The second kappa shape index (κ2) is 3.11. The van der Waals surface area contributed by atoms with E-state index in [4.69, 9.17) is 5.73 Å². The molecule has 15 heavy (non-hydrogen) atoms. The summed E-state index contributed by atoms with van der Waals surface area (Å²) in [6.07, 6.45) is 0. The summed E-state index contributed by atoms with van der Waals surface area (Å²) < 4.78 is 0. The molecule has 2 heteroatoms. The molecule has 0 saturated carbocycles. The zero-order valence-corrected chi connectivity index (χ0v) is 9.66. The number of hydrogen-bond donors (Lipinski definition) is 1. The lowest BCUT2D eigenvalue weighted by Gasteiger charge is -2.06. The highest BCUT2D eigenvalue weighted by molar-refractivity contribution is 9.09. The van der Waals surface area contributed by atoms with E-state index in [0.717, 1.165) is 5.69 Å². The first-order valence-corrected chi connectivity index (χ1v) is 5.82. The van der Waals surface area contributed by atoms with Crippen molar-refractivity contribution in [2.24, 2.45) is 0 Å². The van der Waals surface area contributed by atoms with Crippen LogP contribution in [0.4, 0.5) is 5.69 Å². The number of anilines is 1. The normalized spacial score (nSPS) is 17.3. The van der Waals surface area contributed by atoms with Crippen LogP contribution in [0, 0.1) is 0 Å². The van der Waals surface area contributed by atoms with Crippen molar-refractivity contribution in [1.29, 1.82) is 0 Å². The van der Waals surface area contributed by atoms with E-state index in [2.05, 4.69) is 46.3 Å². The number of rotatable bonds is 0. The molecule has 1 atom stereocenters. The van der Waals surface area contributed by atoms with Crippen molar-refractivity contribution in [1.82, 2.24) is 0 Å². The summed E-state index contributed by atoms with van der Waals surface area (Å²) in [5.41, 5.74) is 11.9. The molecule has 0 fully saturated rings. The lowest BCUT2D eigenvalue weighted by molar-refractivity contribution is 1.25. The molecule has 0 radical (unpaired) electrons. The fraction of sp³-hybridized carbons (Fsp3) is 0.0769. The molecule has 0 spiro atoms. The van der Waals surface area contributed by atoms with Gasteiger partial charge in [-0.3, -0.25) is 0 Å². The number of fused-ring (bicyclic) bond motifs is 3. The molecule has 0 bridgehead atoms. The SMILES string of the molecule is Nc1cccc2c1[C@H](Br)c1ccccc1-2. The summed E-state index contributed by atoms with van der Waals surface area (Å²) in [5, 5.41) is 0. The van der Waals surface area contributed by atoms with Gasteiger partial charge in [0.1, 0.15) is 0 Å². The molecule has 0 aliphatic heterocycles. The van der Waals surface area contributed by atoms with Crippen LogP contribution in [0.25, 0.3) is 11.1 Å². The van der Waals surface area contributed by atoms with Gasteiger partial charge in [-0.1, -0.05) is 52.3 Å². The van der Waals surface area contributed by atoms with E-state index in [1.165, 1.54) is 22.3 Å². The van der Waals surface area contributed by atoms with Gasteiger partial charge >= 0.3 is 0 Å². The standard InChI is InChI=1S/C13H10BrN/c14-13-10-5-2-1-4-8(10)9-6-3-7-11(15)12(9)13/h1-7,13H,15H2/t13-/m1/s1. The summed E-state index contributed by atoms with van der Waals surface area (Å²) in [5.74, 6) is 0. The van der Waals surface area contributed by atoms with Crippen molar-refractivity contribution < 1.29 is 0 Å². The monoisotopic (exact) mass is 259 g/mol. The van der Waals surface area contributed by atoms with E-state index < -0.39 is 0 Å². The number of nitrogen functional groups attached to an aromatic ring is 1. The average molecular weight is 260 g/mol. The Hall–Kier alpha value is -1.28. The first kappa shape index (κ1) is 8.98. The Kier molecular flexibility index (Phi) is 1.86. The van der Waals surface area contributed by atoms with E-state index >= 15 is 0 Å². The van der Waals surface area contributed by atoms with E-state index in [9.17, 15) is 0 Å². The Morgan fingerprint density at radius 1 is 0.933 bits per heavy atom. The number of alkyl halides is 1. The molecule has 2 N–H and O–H groups in total. The van der Waals surface area contributed by atoms with Gasteiger partial charge in [-0.25, -0.2) is 0 Å². The van der Waals surface area contributed by atoms with Crippen molar-refractivity contribution in [2.45, 2.75) is 4.83 Å². The Bertz CT molecular complexity index is 534. The minimum Gasteiger partial charge on any atom is -0.398 e. The molecule has 2 aromatic carbocycles. The lowest BCUT2D eigenvalue weighted by Crippen LogP contribution is -1.93. The molecule has 0 amide bonds. The number of nitrogens with two attached hydrogens (primary N) is 1. The Labute approximate surface area is 97.1 Å². The van der Waals surface area contributed by atoms with Crippen molar-refractivity contribution >= 4 is 21.6 Å². The molecule has 0 unspecified atom stereocenters. The molecule has 1 aliphatic carbocycles. The molecule has 0 heterocycles. The van der Waals surface area contributed by atoms with Gasteiger partial charge in [0, 0.05) is 11.3 Å². The Morgan fingerprint density at radius 2 is 1.67 bits per heavy atom. The highest BCUT2D eigenvalue weighted by Crippen LogP contribution is 2.49. The maximum absolute atomic E-state index is 6.01. The third kappa shape index (κ3) is 1.15.